The number of carbonyl (C=O) groups is 1. The van der Waals surface area contributed by atoms with Gasteiger partial charge in [-0.25, -0.2) is 17.7 Å². The number of ether oxygens (including phenoxy) is 1. The van der Waals surface area contributed by atoms with E-state index in [2.05, 4.69) is 4.98 Å². The molecule has 2 aromatic heterocycles. The van der Waals surface area contributed by atoms with Crippen LogP contribution in [0.15, 0.2) is 48.8 Å². The zero-order valence-corrected chi connectivity index (χ0v) is 19.5. The third-order valence-electron chi connectivity index (χ3n) is 6.51. The molecule has 8 nitrogen and oxygen atoms in total. The molecular formula is C24H28N4O4S. The Morgan fingerprint density at radius 2 is 1.88 bits per heavy atom. The molecule has 2 aliphatic rings. The molecule has 0 radical (unpaired) electrons. The van der Waals surface area contributed by atoms with Crippen LogP contribution in [0.1, 0.15) is 36.5 Å². The van der Waals surface area contributed by atoms with Crippen LogP contribution in [-0.2, 0) is 10.0 Å². The number of likely N-dealkylation sites (tertiary alicyclic amines) is 1. The van der Waals surface area contributed by atoms with Gasteiger partial charge in [-0.1, -0.05) is 0 Å². The monoisotopic (exact) mass is 468 g/mol. The van der Waals surface area contributed by atoms with Crippen LogP contribution in [0.3, 0.4) is 0 Å². The van der Waals surface area contributed by atoms with Crippen LogP contribution < -0.4 is 4.74 Å². The predicted octanol–water partition coefficient (Wildman–Crippen LogP) is 3.06. The van der Waals surface area contributed by atoms with Crippen molar-refractivity contribution in [3.63, 3.8) is 0 Å². The lowest BCUT2D eigenvalue weighted by Crippen LogP contribution is -2.42. The van der Waals surface area contributed by atoms with Crippen molar-refractivity contribution in [3.05, 3.63) is 54.4 Å². The number of hydrogen-bond acceptors (Lipinski definition) is 5. The molecule has 2 saturated heterocycles. The van der Waals surface area contributed by atoms with Crippen LogP contribution in [-0.4, -0.2) is 71.1 Å². The third kappa shape index (κ3) is 4.35. The van der Waals surface area contributed by atoms with Crippen molar-refractivity contribution in [1.29, 1.82) is 0 Å². The number of sulfonamides is 1. The highest BCUT2D eigenvalue weighted by molar-refractivity contribution is 7.89. The summed E-state index contributed by atoms with van der Waals surface area (Å²) in [5, 5.41) is 0.997. The Balaban J connectivity index is 1.25. The van der Waals surface area contributed by atoms with Crippen LogP contribution in [0.4, 0.5) is 0 Å². The minimum atomic E-state index is -3.14. The molecule has 1 aromatic carbocycles. The zero-order valence-electron chi connectivity index (χ0n) is 18.7. The maximum atomic E-state index is 12.5. The van der Waals surface area contributed by atoms with Crippen molar-refractivity contribution in [2.75, 3.05) is 31.9 Å². The van der Waals surface area contributed by atoms with E-state index in [-0.39, 0.29) is 17.8 Å². The molecule has 3 aromatic rings. The van der Waals surface area contributed by atoms with Gasteiger partial charge in [-0.3, -0.25) is 4.79 Å². The molecule has 9 heteroatoms. The van der Waals surface area contributed by atoms with Crippen molar-refractivity contribution in [1.82, 2.24) is 18.8 Å². The van der Waals surface area contributed by atoms with E-state index < -0.39 is 10.0 Å². The Morgan fingerprint density at radius 1 is 1.09 bits per heavy atom. The maximum absolute atomic E-state index is 12.5. The summed E-state index contributed by atoms with van der Waals surface area (Å²) in [6, 6.07) is 11.6. The zero-order chi connectivity index (χ0) is 23.0. The molecule has 0 aliphatic carbocycles. The molecule has 33 heavy (non-hydrogen) atoms. The molecule has 1 amide bonds. The fourth-order valence-electron chi connectivity index (χ4n) is 4.37. The van der Waals surface area contributed by atoms with Gasteiger partial charge in [0.25, 0.3) is 5.91 Å². The summed E-state index contributed by atoms with van der Waals surface area (Å²) in [7, 11) is -3.14. The average Bonchev–Trinajstić information content (AvgIpc) is 3.22. The minimum absolute atomic E-state index is 0.0178. The van der Waals surface area contributed by atoms with Crippen LogP contribution >= 0.6 is 0 Å². The number of rotatable bonds is 6. The number of pyridine rings is 1. The smallest absolute Gasteiger partial charge is 0.253 e. The molecule has 0 saturated carbocycles. The van der Waals surface area contributed by atoms with E-state index in [0.717, 1.165) is 41.8 Å². The number of hydrogen-bond donors (Lipinski definition) is 0. The highest BCUT2D eigenvalue weighted by Crippen LogP contribution is 2.25. The molecule has 2 fully saturated rings. The van der Waals surface area contributed by atoms with Gasteiger partial charge >= 0.3 is 0 Å². The van der Waals surface area contributed by atoms with Crippen molar-refractivity contribution < 1.29 is 17.9 Å². The fraction of sp³-hybridized carbons (Fsp3) is 0.417. The Morgan fingerprint density at radius 3 is 2.52 bits per heavy atom. The van der Waals surface area contributed by atoms with E-state index in [4.69, 9.17) is 4.74 Å². The van der Waals surface area contributed by atoms with E-state index >= 15 is 0 Å². The number of nitrogens with zero attached hydrogens (tertiary/aromatic N) is 4. The largest absolute Gasteiger partial charge is 0.489 e. The summed E-state index contributed by atoms with van der Waals surface area (Å²) < 4.78 is 33.6. The fourth-order valence-corrected chi connectivity index (χ4v) is 5.50. The lowest BCUT2D eigenvalue weighted by Gasteiger charge is -2.31. The topological polar surface area (TPSA) is 84.7 Å². The van der Waals surface area contributed by atoms with Gasteiger partial charge in [0.1, 0.15) is 17.7 Å². The number of aromatic nitrogens is 2. The highest BCUT2D eigenvalue weighted by atomic mass is 32.2. The maximum Gasteiger partial charge on any atom is 0.253 e. The Hall–Kier alpha value is -2.91. The normalized spacial score (nSPS) is 17.8. The number of piperidine rings is 1. The second kappa shape index (κ2) is 8.79. The van der Waals surface area contributed by atoms with Gasteiger partial charge in [-0.2, -0.15) is 0 Å². The average molecular weight is 469 g/mol. The van der Waals surface area contributed by atoms with E-state index in [0.29, 0.717) is 31.7 Å². The minimum Gasteiger partial charge on any atom is -0.489 e. The summed E-state index contributed by atoms with van der Waals surface area (Å²) in [5.74, 6) is 1.67. The molecule has 4 heterocycles. The van der Waals surface area contributed by atoms with E-state index in [1.54, 1.807) is 17.4 Å². The first-order chi connectivity index (χ1) is 15.9. The van der Waals surface area contributed by atoms with Crippen LogP contribution in [0, 0.1) is 0 Å². The standard InChI is InChI=1S/C24H28N4O4S/c1-2-33(30,31)27-13-9-20(10-14-27)32-21-5-7-23(25-17-21)28-15-8-18-16-19(4-6-22(18)28)24(29)26-11-3-12-26/h4-8,15-17,20H,2-3,9-14H2,1H3. The number of benzene rings is 1. The Kier molecular flexibility index (Phi) is 5.84. The molecule has 174 valence electrons. The lowest BCUT2D eigenvalue weighted by molar-refractivity contribution is 0.0652. The van der Waals surface area contributed by atoms with Gasteiger partial charge < -0.3 is 14.2 Å². The van der Waals surface area contributed by atoms with Gasteiger partial charge in [0.05, 0.1) is 17.5 Å². The van der Waals surface area contributed by atoms with Crippen molar-refractivity contribution in [2.45, 2.75) is 32.3 Å². The van der Waals surface area contributed by atoms with Gasteiger partial charge in [0, 0.05) is 43.3 Å². The van der Waals surface area contributed by atoms with Crippen molar-refractivity contribution in [3.8, 4) is 11.6 Å². The Bertz CT molecular complexity index is 1260. The van der Waals surface area contributed by atoms with Crippen molar-refractivity contribution >= 4 is 26.8 Å². The summed E-state index contributed by atoms with van der Waals surface area (Å²) >= 11 is 0. The number of carbonyl (C=O) groups excluding carboxylic acids is 1. The molecule has 0 spiro atoms. The first-order valence-corrected chi connectivity index (χ1v) is 13.1. The third-order valence-corrected chi connectivity index (χ3v) is 8.39. The van der Waals surface area contributed by atoms with Crippen LogP contribution in [0.5, 0.6) is 5.75 Å². The molecule has 5 rings (SSSR count). The molecule has 0 atom stereocenters. The first-order valence-electron chi connectivity index (χ1n) is 11.5. The predicted molar refractivity (Wildman–Crippen MR) is 126 cm³/mol. The number of amides is 1. The van der Waals surface area contributed by atoms with E-state index in [1.807, 2.05) is 52.1 Å². The van der Waals surface area contributed by atoms with Crippen molar-refractivity contribution in [2.24, 2.45) is 0 Å². The molecule has 0 bridgehead atoms. The molecule has 0 unspecified atom stereocenters. The van der Waals surface area contributed by atoms with E-state index in [9.17, 15) is 13.2 Å². The van der Waals surface area contributed by atoms with Gasteiger partial charge in [-0.05, 0) is 62.6 Å². The quantitative estimate of drug-likeness (QED) is 0.555. The SMILES string of the molecule is CCS(=O)(=O)N1CCC(Oc2ccc(-n3ccc4cc(C(=O)N5CCC5)ccc43)nc2)CC1. The molecular weight excluding hydrogens is 440 g/mol. The summed E-state index contributed by atoms with van der Waals surface area (Å²) in [5.41, 5.74) is 1.70. The Labute approximate surface area is 193 Å². The summed E-state index contributed by atoms with van der Waals surface area (Å²) in [4.78, 5) is 18.9. The second-order valence-corrected chi connectivity index (χ2v) is 10.8. The second-order valence-electron chi connectivity index (χ2n) is 8.57. The van der Waals surface area contributed by atoms with Gasteiger partial charge in [0.2, 0.25) is 10.0 Å². The van der Waals surface area contributed by atoms with Crippen LogP contribution in [0.2, 0.25) is 0 Å². The van der Waals surface area contributed by atoms with Gasteiger partial charge in [-0.15, -0.1) is 0 Å². The lowest BCUT2D eigenvalue weighted by atomic mass is 10.1. The van der Waals surface area contributed by atoms with Gasteiger partial charge in [0.15, 0.2) is 0 Å². The van der Waals surface area contributed by atoms with Crippen LogP contribution in [0.25, 0.3) is 16.7 Å². The molecule has 0 N–H and O–H groups in total. The first kappa shape index (κ1) is 21.9. The van der Waals surface area contributed by atoms with E-state index in [1.165, 1.54) is 0 Å². The number of fused-ring (bicyclic) bond motifs is 1. The summed E-state index contributed by atoms with van der Waals surface area (Å²) in [6.45, 7) is 4.33. The summed E-state index contributed by atoms with van der Waals surface area (Å²) in [6.07, 6.45) is 6.06. The molecule has 2 aliphatic heterocycles. The highest BCUT2D eigenvalue weighted by Gasteiger charge is 2.27.